The van der Waals surface area contributed by atoms with Crippen LogP contribution in [0.1, 0.15) is 12.5 Å². The molecule has 1 aromatic rings. The van der Waals surface area contributed by atoms with Crippen LogP contribution in [-0.4, -0.2) is 10.9 Å². The van der Waals surface area contributed by atoms with E-state index >= 15 is 0 Å². The lowest BCUT2D eigenvalue weighted by atomic mass is 10.2. The maximum absolute atomic E-state index is 12.5. The van der Waals surface area contributed by atoms with Gasteiger partial charge in [-0.1, -0.05) is 0 Å². The third-order valence-electron chi connectivity index (χ3n) is 1.39. The minimum Gasteiger partial charge on any atom is -0.550 e. The Labute approximate surface area is 105 Å². The first-order chi connectivity index (χ1) is 8.23. The molecular formula is C10H11F3N2O4. The van der Waals surface area contributed by atoms with Gasteiger partial charge in [0.15, 0.2) is 17.5 Å². The zero-order chi connectivity index (χ0) is 14.3. The molecule has 4 N–H and O–H groups in total. The molecule has 106 valence electrons. The molecule has 0 aliphatic carbocycles. The Morgan fingerprint density at radius 3 is 1.95 bits per heavy atom. The molecule has 0 fully saturated rings. The first-order valence-electron chi connectivity index (χ1n) is 4.38. The van der Waals surface area contributed by atoms with E-state index in [1.165, 1.54) is 0 Å². The van der Waals surface area contributed by atoms with E-state index in [4.69, 9.17) is 9.90 Å². The van der Waals surface area contributed by atoms with Gasteiger partial charge in [0.05, 0.1) is 4.92 Å². The van der Waals surface area contributed by atoms with Crippen molar-refractivity contribution >= 4 is 12.0 Å². The number of carbonyl (C=O) groups excluding carboxylic acids is 1. The van der Waals surface area contributed by atoms with Gasteiger partial charge >= 0.3 is 0 Å². The highest BCUT2D eigenvalue weighted by Crippen LogP contribution is 2.14. The predicted octanol–water partition coefficient (Wildman–Crippen LogP) is 1.48. The summed E-state index contributed by atoms with van der Waals surface area (Å²) in [7, 11) is 0. The highest BCUT2D eigenvalue weighted by molar-refractivity contribution is 5.60. The van der Waals surface area contributed by atoms with Crippen LogP contribution in [0.2, 0.25) is 0 Å². The zero-order valence-electron chi connectivity index (χ0n) is 10.0. The average Bonchev–Trinajstić information content (AvgIpc) is 2.22. The minimum atomic E-state index is -1.59. The molecule has 0 aliphatic heterocycles. The number of benzene rings is 1. The van der Waals surface area contributed by atoms with Crippen molar-refractivity contribution in [1.29, 1.82) is 0 Å². The summed E-state index contributed by atoms with van der Waals surface area (Å²) in [6.45, 7) is 0.972. The van der Waals surface area contributed by atoms with E-state index in [0.717, 1.165) is 13.0 Å². The SMILES string of the molecule is CC(=O)[O-].O=[N+]([O-])C=Cc1cc(F)c(F)c(F)c1.[NH4+]. The fourth-order valence-corrected chi connectivity index (χ4v) is 0.818. The van der Waals surface area contributed by atoms with Gasteiger partial charge in [-0.3, -0.25) is 10.1 Å². The lowest BCUT2D eigenvalue weighted by Gasteiger charge is -1.96. The Hall–Kier alpha value is -2.42. The summed E-state index contributed by atoms with van der Waals surface area (Å²) in [6.07, 6.45) is 1.37. The van der Waals surface area contributed by atoms with Crippen LogP contribution >= 0.6 is 0 Å². The third kappa shape index (κ3) is 8.32. The third-order valence-corrected chi connectivity index (χ3v) is 1.39. The molecule has 0 atom stereocenters. The second-order valence-electron chi connectivity index (χ2n) is 2.89. The van der Waals surface area contributed by atoms with Crippen molar-refractivity contribution in [3.63, 3.8) is 0 Å². The van der Waals surface area contributed by atoms with Gasteiger partial charge in [-0.05, 0) is 24.6 Å². The number of carboxylic acids is 1. The highest BCUT2D eigenvalue weighted by Gasteiger charge is 2.09. The van der Waals surface area contributed by atoms with Crippen molar-refractivity contribution in [1.82, 2.24) is 6.15 Å². The van der Waals surface area contributed by atoms with Crippen molar-refractivity contribution in [2.24, 2.45) is 0 Å². The Morgan fingerprint density at radius 1 is 1.26 bits per heavy atom. The standard InChI is InChI=1S/C8H4F3NO2.C2H4O2.H3N/c9-6-3-5(1-2-12(13)14)4-7(10)8(6)11;1-2(3)4;/h1-4H;1H3,(H,3,4);1H3. The quantitative estimate of drug-likeness (QED) is 0.501. The molecule has 19 heavy (non-hydrogen) atoms. The molecule has 6 nitrogen and oxygen atoms in total. The van der Waals surface area contributed by atoms with Gasteiger partial charge in [-0.25, -0.2) is 13.2 Å². The summed E-state index contributed by atoms with van der Waals surface area (Å²) >= 11 is 0. The van der Waals surface area contributed by atoms with Gasteiger partial charge < -0.3 is 16.1 Å². The van der Waals surface area contributed by atoms with Gasteiger partial charge in [0, 0.05) is 12.0 Å². The number of carboxylic acid groups (broad SMARTS) is 1. The monoisotopic (exact) mass is 280 g/mol. The van der Waals surface area contributed by atoms with E-state index < -0.39 is 28.3 Å². The van der Waals surface area contributed by atoms with Crippen LogP contribution in [0.5, 0.6) is 0 Å². The number of nitro groups is 1. The number of rotatable bonds is 2. The number of hydrogen-bond donors (Lipinski definition) is 1. The van der Waals surface area contributed by atoms with Crippen molar-refractivity contribution < 1.29 is 28.0 Å². The van der Waals surface area contributed by atoms with Gasteiger partial charge in [-0.15, -0.1) is 0 Å². The van der Waals surface area contributed by atoms with Crippen molar-refractivity contribution in [2.45, 2.75) is 6.92 Å². The van der Waals surface area contributed by atoms with Crippen molar-refractivity contribution in [2.75, 3.05) is 0 Å². The Kier molecular flexibility index (Phi) is 8.61. The van der Waals surface area contributed by atoms with Crippen LogP contribution in [0.4, 0.5) is 13.2 Å². The Balaban J connectivity index is 0. The zero-order valence-corrected chi connectivity index (χ0v) is 10.0. The number of nitrogens with zero attached hydrogens (tertiary/aromatic N) is 1. The molecule has 9 heteroatoms. The summed E-state index contributed by atoms with van der Waals surface area (Å²) in [5.41, 5.74) is -0.113. The molecule has 0 heterocycles. The van der Waals surface area contributed by atoms with Gasteiger partial charge in [0.2, 0.25) is 6.20 Å². The largest absolute Gasteiger partial charge is 0.550 e. The van der Waals surface area contributed by atoms with E-state index in [1.54, 1.807) is 0 Å². The fourth-order valence-electron chi connectivity index (χ4n) is 0.818. The van der Waals surface area contributed by atoms with Crippen LogP contribution in [0.15, 0.2) is 18.3 Å². The van der Waals surface area contributed by atoms with Crippen LogP contribution < -0.4 is 11.3 Å². The molecule has 0 spiro atoms. The maximum Gasteiger partial charge on any atom is 0.235 e. The lowest BCUT2D eigenvalue weighted by molar-refractivity contribution is -0.400. The van der Waals surface area contributed by atoms with Gasteiger partial charge in [0.25, 0.3) is 0 Å². The molecule has 0 radical (unpaired) electrons. The molecule has 0 bridgehead atoms. The van der Waals surface area contributed by atoms with Crippen LogP contribution in [-0.2, 0) is 4.79 Å². The number of quaternary nitrogens is 1. The van der Waals surface area contributed by atoms with E-state index in [1.807, 2.05) is 0 Å². The number of carbonyl (C=O) groups is 1. The van der Waals surface area contributed by atoms with Gasteiger partial charge in [0.1, 0.15) is 0 Å². The van der Waals surface area contributed by atoms with Crippen molar-refractivity contribution in [3.8, 4) is 0 Å². The van der Waals surface area contributed by atoms with Crippen LogP contribution in [0.3, 0.4) is 0 Å². The summed E-state index contributed by atoms with van der Waals surface area (Å²) in [4.78, 5) is 18.0. The Bertz CT molecular complexity index is 465. The molecule has 0 saturated carbocycles. The predicted molar refractivity (Wildman–Crippen MR) is 59.0 cm³/mol. The molecule has 0 unspecified atom stereocenters. The molecule has 0 aromatic heterocycles. The van der Waals surface area contributed by atoms with E-state index in [2.05, 4.69) is 0 Å². The highest BCUT2D eigenvalue weighted by atomic mass is 19.2. The molecule has 0 amide bonds. The average molecular weight is 280 g/mol. The molecule has 0 aliphatic rings. The fraction of sp³-hybridized carbons (Fsp3) is 0.100. The van der Waals surface area contributed by atoms with Gasteiger partial charge in [-0.2, -0.15) is 0 Å². The summed E-state index contributed by atoms with van der Waals surface area (Å²) in [5.74, 6) is -5.44. The summed E-state index contributed by atoms with van der Waals surface area (Å²) < 4.78 is 37.5. The van der Waals surface area contributed by atoms with E-state index in [9.17, 15) is 23.3 Å². The summed E-state index contributed by atoms with van der Waals surface area (Å²) in [6, 6.07) is 1.33. The molecular weight excluding hydrogens is 269 g/mol. The first kappa shape index (κ1) is 18.9. The first-order valence-corrected chi connectivity index (χ1v) is 4.38. The second kappa shape index (κ2) is 8.64. The lowest BCUT2D eigenvalue weighted by Crippen LogP contribution is -2.16. The normalized spacial score (nSPS) is 9.26. The molecule has 1 aromatic carbocycles. The minimum absolute atomic E-state index is 0. The Morgan fingerprint density at radius 2 is 1.63 bits per heavy atom. The van der Waals surface area contributed by atoms with E-state index in [0.29, 0.717) is 18.3 Å². The smallest absolute Gasteiger partial charge is 0.235 e. The number of aliphatic carboxylic acids is 1. The summed E-state index contributed by atoms with van der Waals surface area (Å²) in [5, 5.41) is 18.8. The number of hydrogen-bond acceptors (Lipinski definition) is 4. The molecule has 0 saturated heterocycles. The topological polar surface area (TPSA) is 120 Å². The van der Waals surface area contributed by atoms with Crippen LogP contribution in [0, 0.1) is 27.6 Å². The van der Waals surface area contributed by atoms with E-state index in [-0.39, 0.29) is 11.7 Å². The van der Waals surface area contributed by atoms with Crippen LogP contribution in [0.25, 0.3) is 6.08 Å². The number of halogens is 3. The maximum atomic E-state index is 12.5. The second-order valence-corrected chi connectivity index (χ2v) is 2.89. The molecule has 1 rings (SSSR count). The van der Waals surface area contributed by atoms with Crippen molar-refractivity contribution in [3.05, 3.63) is 51.5 Å².